The molecule has 1 amide bonds. The molecule has 0 unspecified atom stereocenters. The molecule has 0 spiro atoms. The monoisotopic (exact) mass is 399 g/mol. The van der Waals surface area contributed by atoms with Gasteiger partial charge in [-0.05, 0) is 51.7 Å². The number of nitrogens with one attached hydrogen (secondary N) is 1. The van der Waals surface area contributed by atoms with Crippen molar-refractivity contribution in [2.45, 2.75) is 38.4 Å². The van der Waals surface area contributed by atoms with Crippen LogP contribution in [0.15, 0.2) is 28.7 Å². The summed E-state index contributed by atoms with van der Waals surface area (Å²) in [4.78, 5) is 13.2. The number of benzene rings is 1. The van der Waals surface area contributed by atoms with E-state index in [9.17, 15) is 4.79 Å². The molecule has 0 heterocycles. The SMILES string of the molecule is CC1(C)[C@]2(C)CC[C@@]1(C(=O)Nc1ccccc1Br)[C@@H]2Br. The van der Waals surface area contributed by atoms with Crippen LogP contribution in [0.1, 0.15) is 33.6 Å². The number of para-hydroxylation sites is 1. The highest BCUT2D eigenvalue weighted by atomic mass is 79.9. The van der Waals surface area contributed by atoms with Crippen molar-refractivity contribution in [1.82, 2.24) is 0 Å². The van der Waals surface area contributed by atoms with Crippen molar-refractivity contribution >= 4 is 43.5 Å². The van der Waals surface area contributed by atoms with Gasteiger partial charge in [-0.3, -0.25) is 4.79 Å². The van der Waals surface area contributed by atoms with Gasteiger partial charge >= 0.3 is 0 Å². The van der Waals surface area contributed by atoms with Crippen LogP contribution in [0.25, 0.3) is 0 Å². The third kappa shape index (κ3) is 1.47. The summed E-state index contributed by atoms with van der Waals surface area (Å²) in [7, 11) is 0. The minimum absolute atomic E-state index is 0.0273. The Balaban J connectivity index is 1.91. The first-order chi connectivity index (χ1) is 9.27. The van der Waals surface area contributed by atoms with Crippen LogP contribution in [0.5, 0.6) is 0 Å². The number of carbonyl (C=O) groups is 1. The van der Waals surface area contributed by atoms with Gasteiger partial charge in [0.1, 0.15) is 0 Å². The number of anilines is 1. The predicted molar refractivity (Wildman–Crippen MR) is 89.0 cm³/mol. The lowest BCUT2D eigenvalue weighted by molar-refractivity contribution is -0.156. The molecule has 3 atom stereocenters. The van der Waals surface area contributed by atoms with E-state index in [0.717, 1.165) is 23.0 Å². The molecule has 3 fully saturated rings. The second-order valence-corrected chi connectivity index (χ2v) is 8.58. The van der Waals surface area contributed by atoms with Crippen molar-refractivity contribution in [2.24, 2.45) is 16.2 Å². The van der Waals surface area contributed by atoms with Gasteiger partial charge in [-0.15, -0.1) is 0 Å². The van der Waals surface area contributed by atoms with Crippen molar-refractivity contribution in [3.8, 4) is 0 Å². The molecule has 1 aromatic carbocycles. The topological polar surface area (TPSA) is 29.1 Å². The molecular weight excluding hydrogens is 382 g/mol. The normalized spacial score (nSPS) is 37.4. The fraction of sp³-hybridized carbons (Fsp3) is 0.562. The average molecular weight is 401 g/mol. The summed E-state index contributed by atoms with van der Waals surface area (Å²) in [5.74, 6) is 0.145. The van der Waals surface area contributed by atoms with Crippen LogP contribution in [0, 0.1) is 16.2 Å². The van der Waals surface area contributed by atoms with E-state index in [0.29, 0.717) is 0 Å². The van der Waals surface area contributed by atoms with Gasteiger partial charge in [0.25, 0.3) is 0 Å². The zero-order valence-corrected chi connectivity index (χ0v) is 15.1. The largest absolute Gasteiger partial charge is 0.325 e. The van der Waals surface area contributed by atoms with E-state index in [2.05, 4.69) is 57.9 Å². The van der Waals surface area contributed by atoms with E-state index in [1.165, 1.54) is 0 Å². The lowest BCUT2D eigenvalue weighted by atomic mass is 9.43. The zero-order valence-electron chi connectivity index (χ0n) is 12.0. The minimum Gasteiger partial charge on any atom is -0.325 e. The molecule has 1 aromatic rings. The maximum atomic E-state index is 12.9. The lowest BCUT2D eigenvalue weighted by Gasteiger charge is -2.64. The van der Waals surface area contributed by atoms with Crippen LogP contribution in [-0.4, -0.2) is 10.7 Å². The van der Waals surface area contributed by atoms with Crippen LogP contribution >= 0.6 is 31.9 Å². The molecule has 0 aliphatic heterocycles. The number of alkyl halides is 1. The van der Waals surface area contributed by atoms with E-state index < -0.39 is 0 Å². The maximum absolute atomic E-state index is 12.9. The van der Waals surface area contributed by atoms with E-state index in [1.54, 1.807) is 0 Å². The molecule has 2 bridgehead atoms. The Labute approximate surface area is 137 Å². The molecule has 3 aliphatic rings. The summed E-state index contributed by atoms with van der Waals surface area (Å²) in [6.07, 6.45) is 2.07. The van der Waals surface area contributed by atoms with Gasteiger partial charge in [0.2, 0.25) is 5.91 Å². The predicted octanol–water partition coefficient (Wildman–Crippen LogP) is 4.98. The highest BCUT2D eigenvalue weighted by molar-refractivity contribution is 9.10. The molecule has 3 aliphatic carbocycles. The lowest BCUT2D eigenvalue weighted by Crippen LogP contribution is -2.68. The number of amides is 1. The average Bonchev–Trinajstić information content (AvgIpc) is 2.80. The molecule has 0 aromatic heterocycles. The van der Waals surface area contributed by atoms with Crippen molar-refractivity contribution in [3.05, 3.63) is 28.7 Å². The summed E-state index contributed by atoms with van der Waals surface area (Å²) in [6.45, 7) is 6.76. The highest BCUT2D eigenvalue weighted by Gasteiger charge is 2.80. The van der Waals surface area contributed by atoms with Gasteiger partial charge in [0.15, 0.2) is 0 Å². The highest BCUT2D eigenvalue weighted by Crippen LogP contribution is 2.79. The first kappa shape index (κ1) is 14.6. The molecule has 2 nitrogen and oxygen atoms in total. The molecule has 1 N–H and O–H groups in total. The summed E-state index contributed by atoms with van der Waals surface area (Å²) in [5, 5.41) is 3.12. The Morgan fingerprint density at radius 3 is 2.40 bits per heavy atom. The Bertz CT molecular complexity index is 586. The molecule has 108 valence electrons. The van der Waals surface area contributed by atoms with Gasteiger partial charge in [0, 0.05) is 9.30 Å². The minimum atomic E-state index is -0.295. The number of rotatable bonds is 2. The summed E-state index contributed by atoms with van der Waals surface area (Å²) in [6, 6.07) is 7.77. The first-order valence-corrected chi connectivity index (χ1v) is 8.68. The van der Waals surface area contributed by atoms with Crippen LogP contribution < -0.4 is 5.32 Å². The number of carbonyl (C=O) groups excluding carboxylic acids is 1. The van der Waals surface area contributed by atoms with E-state index >= 15 is 0 Å². The maximum Gasteiger partial charge on any atom is 0.232 e. The Kier molecular flexibility index (Phi) is 3.15. The van der Waals surface area contributed by atoms with Crippen molar-refractivity contribution in [2.75, 3.05) is 5.32 Å². The second-order valence-electron chi connectivity index (χ2n) is 6.81. The number of hydrogen-bond donors (Lipinski definition) is 1. The van der Waals surface area contributed by atoms with Crippen LogP contribution in [0.2, 0.25) is 0 Å². The first-order valence-electron chi connectivity index (χ1n) is 6.97. The van der Waals surface area contributed by atoms with Gasteiger partial charge < -0.3 is 5.32 Å². The Hall–Kier alpha value is -0.350. The van der Waals surface area contributed by atoms with E-state index in [-0.39, 0.29) is 27.0 Å². The van der Waals surface area contributed by atoms with Gasteiger partial charge in [-0.1, -0.05) is 48.8 Å². The van der Waals surface area contributed by atoms with Gasteiger partial charge in [-0.25, -0.2) is 0 Å². The fourth-order valence-electron chi connectivity index (χ4n) is 4.25. The van der Waals surface area contributed by atoms with Crippen LogP contribution in [0.3, 0.4) is 0 Å². The summed E-state index contributed by atoms with van der Waals surface area (Å²) in [5.41, 5.74) is 0.803. The number of fused-ring (bicyclic) bond motifs is 1. The summed E-state index contributed by atoms with van der Waals surface area (Å²) < 4.78 is 0.925. The molecule has 0 saturated heterocycles. The molecule has 4 heteroatoms. The van der Waals surface area contributed by atoms with Gasteiger partial charge in [-0.2, -0.15) is 0 Å². The Morgan fingerprint density at radius 2 is 1.90 bits per heavy atom. The third-order valence-corrected chi connectivity index (χ3v) is 8.58. The standard InChI is InChI=1S/C16H19Br2NO/c1-14(2)15(3)8-9-16(14,12(15)18)13(20)19-11-7-5-4-6-10(11)17/h4-7,12H,8-9H2,1-3H3,(H,19,20)/t12-,15-,16+/m1/s1. The second kappa shape index (κ2) is 4.33. The molecule has 0 radical (unpaired) electrons. The van der Waals surface area contributed by atoms with E-state index in [4.69, 9.17) is 0 Å². The third-order valence-electron chi connectivity index (χ3n) is 6.10. The van der Waals surface area contributed by atoms with Crippen LogP contribution in [0.4, 0.5) is 5.69 Å². The number of hydrogen-bond acceptors (Lipinski definition) is 1. The number of halogens is 2. The molecule has 4 rings (SSSR count). The quantitative estimate of drug-likeness (QED) is 0.697. The van der Waals surface area contributed by atoms with Crippen molar-refractivity contribution in [1.29, 1.82) is 0 Å². The molecular formula is C16H19Br2NO. The molecule has 3 saturated carbocycles. The van der Waals surface area contributed by atoms with Gasteiger partial charge in [0.05, 0.1) is 11.1 Å². The van der Waals surface area contributed by atoms with Crippen LogP contribution in [-0.2, 0) is 4.79 Å². The van der Waals surface area contributed by atoms with Crippen molar-refractivity contribution in [3.63, 3.8) is 0 Å². The smallest absolute Gasteiger partial charge is 0.232 e. The molecule has 20 heavy (non-hydrogen) atoms. The Morgan fingerprint density at radius 1 is 1.25 bits per heavy atom. The fourth-order valence-corrected chi connectivity index (χ4v) is 6.45. The van der Waals surface area contributed by atoms with Crippen molar-refractivity contribution < 1.29 is 4.79 Å². The zero-order chi connectivity index (χ0) is 14.8. The summed E-state index contributed by atoms with van der Waals surface area (Å²) >= 11 is 7.29. The van der Waals surface area contributed by atoms with E-state index in [1.807, 2.05) is 24.3 Å².